The molecular formula is C13H13ClN2O5. The number of nitro groups is 1. The Morgan fingerprint density at radius 3 is 2.76 bits per heavy atom. The minimum atomic E-state index is -0.947. The van der Waals surface area contributed by atoms with Gasteiger partial charge >= 0.3 is 5.97 Å². The van der Waals surface area contributed by atoms with E-state index in [1.54, 1.807) is 0 Å². The summed E-state index contributed by atoms with van der Waals surface area (Å²) in [5.41, 5.74) is -0.202. The molecule has 8 heteroatoms. The van der Waals surface area contributed by atoms with Crippen molar-refractivity contribution in [3.63, 3.8) is 0 Å². The number of non-ortho nitro benzene ring substituents is 1. The average molecular weight is 313 g/mol. The summed E-state index contributed by atoms with van der Waals surface area (Å²) >= 11 is 5.93. The predicted molar refractivity (Wildman–Crippen MR) is 74.4 cm³/mol. The Balaban J connectivity index is 2.25. The molecule has 1 saturated heterocycles. The molecule has 1 heterocycles. The van der Waals surface area contributed by atoms with Gasteiger partial charge in [-0.05, 0) is 18.9 Å². The second-order valence-electron chi connectivity index (χ2n) is 4.85. The number of carboxylic acid groups (broad SMARTS) is 1. The Labute approximate surface area is 125 Å². The van der Waals surface area contributed by atoms with Crippen LogP contribution in [0.4, 0.5) is 5.69 Å². The van der Waals surface area contributed by atoms with Crippen molar-refractivity contribution in [1.82, 2.24) is 4.90 Å². The number of nitrogens with zero attached hydrogens (tertiary/aromatic N) is 2. The molecule has 1 N–H and O–H groups in total. The van der Waals surface area contributed by atoms with Gasteiger partial charge in [0, 0.05) is 25.2 Å². The van der Waals surface area contributed by atoms with Crippen LogP contribution in [0.2, 0.25) is 5.02 Å². The Bertz CT molecular complexity index is 604. The number of likely N-dealkylation sites (tertiary alicyclic amines) is 1. The highest BCUT2D eigenvalue weighted by molar-refractivity contribution is 6.33. The van der Waals surface area contributed by atoms with E-state index in [0.717, 1.165) is 6.07 Å². The summed E-state index contributed by atoms with van der Waals surface area (Å²) < 4.78 is 0. The van der Waals surface area contributed by atoms with Crippen LogP contribution in [0.1, 0.15) is 23.2 Å². The van der Waals surface area contributed by atoms with Gasteiger partial charge in [0.05, 0.1) is 21.4 Å². The monoisotopic (exact) mass is 312 g/mol. The lowest BCUT2D eigenvalue weighted by Gasteiger charge is -2.30. The van der Waals surface area contributed by atoms with Gasteiger partial charge in [0.25, 0.3) is 11.6 Å². The predicted octanol–water partition coefficient (Wildman–Crippen LogP) is 2.19. The standard InChI is InChI=1S/C13H13ClN2O5/c14-11-4-3-9(16(20)21)6-10(11)12(17)15-5-1-2-8(7-15)13(18)19/h3-4,6,8H,1-2,5,7H2,(H,18,19)/t8-/m1/s1. The third kappa shape index (κ3) is 3.30. The van der Waals surface area contributed by atoms with Gasteiger partial charge in [-0.3, -0.25) is 19.7 Å². The zero-order valence-electron chi connectivity index (χ0n) is 11.0. The van der Waals surface area contributed by atoms with Crippen LogP contribution in [0, 0.1) is 16.0 Å². The highest BCUT2D eigenvalue weighted by Crippen LogP contribution is 2.25. The Hall–Kier alpha value is -2.15. The molecule has 1 amide bonds. The number of nitro benzene ring substituents is 1. The fraction of sp³-hybridized carbons (Fsp3) is 0.385. The summed E-state index contributed by atoms with van der Waals surface area (Å²) in [5, 5.41) is 19.9. The lowest BCUT2D eigenvalue weighted by atomic mass is 9.97. The number of rotatable bonds is 3. The summed E-state index contributed by atoms with van der Waals surface area (Å²) in [6.45, 7) is 0.509. The molecule has 1 atom stereocenters. The maximum atomic E-state index is 12.4. The number of piperidine rings is 1. The lowest BCUT2D eigenvalue weighted by molar-refractivity contribution is -0.384. The van der Waals surface area contributed by atoms with E-state index in [1.165, 1.54) is 17.0 Å². The Morgan fingerprint density at radius 2 is 2.14 bits per heavy atom. The molecule has 2 rings (SSSR count). The largest absolute Gasteiger partial charge is 0.481 e. The van der Waals surface area contributed by atoms with Crippen molar-refractivity contribution in [3.05, 3.63) is 38.9 Å². The zero-order valence-corrected chi connectivity index (χ0v) is 11.7. The zero-order chi connectivity index (χ0) is 15.6. The van der Waals surface area contributed by atoms with E-state index in [0.29, 0.717) is 19.4 Å². The molecule has 1 aliphatic heterocycles. The number of halogens is 1. The van der Waals surface area contributed by atoms with Crippen LogP contribution in [0.15, 0.2) is 18.2 Å². The van der Waals surface area contributed by atoms with Gasteiger partial charge in [-0.15, -0.1) is 0 Å². The van der Waals surface area contributed by atoms with E-state index in [4.69, 9.17) is 16.7 Å². The fourth-order valence-electron chi connectivity index (χ4n) is 2.32. The molecular weight excluding hydrogens is 300 g/mol. The van der Waals surface area contributed by atoms with Crippen molar-refractivity contribution in [1.29, 1.82) is 0 Å². The first-order valence-corrected chi connectivity index (χ1v) is 6.74. The SMILES string of the molecule is O=C(O)[C@@H]1CCCN(C(=O)c2cc([N+](=O)[O-])ccc2Cl)C1. The van der Waals surface area contributed by atoms with Gasteiger partial charge in [-0.2, -0.15) is 0 Å². The molecule has 1 aromatic carbocycles. The fourth-order valence-corrected chi connectivity index (χ4v) is 2.52. The lowest BCUT2D eigenvalue weighted by Crippen LogP contribution is -2.42. The molecule has 112 valence electrons. The van der Waals surface area contributed by atoms with Gasteiger partial charge in [-0.1, -0.05) is 11.6 Å². The molecule has 21 heavy (non-hydrogen) atoms. The van der Waals surface area contributed by atoms with E-state index in [9.17, 15) is 19.7 Å². The molecule has 7 nitrogen and oxygen atoms in total. The molecule has 0 saturated carbocycles. The number of hydrogen-bond acceptors (Lipinski definition) is 4. The van der Waals surface area contributed by atoms with E-state index >= 15 is 0 Å². The summed E-state index contributed by atoms with van der Waals surface area (Å²) in [6.07, 6.45) is 1.09. The van der Waals surface area contributed by atoms with Crippen LogP contribution >= 0.6 is 11.6 Å². The average Bonchev–Trinajstić information content (AvgIpc) is 2.47. The molecule has 0 radical (unpaired) electrons. The quantitative estimate of drug-likeness (QED) is 0.681. The van der Waals surface area contributed by atoms with E-state index < -0.39 is 22.7 Å². The number of benzene rings is 1. The molecule has 0 aliphatic carbocycles. The first-order valence-electron chi connectivity index (χ1n) is 6.36. The number of aliphatic carboxylic acids is 1. The van der Waals surface area contributed by atoms with Crippen molar-refractivity contribution in [2.75, 3.05) is 13.1 Å². The van der Waals surface area contributed by atoms with Crippen LogP contribution in [0.5, 0.6) is 0 Å². The maximum absolute atomic E-state index is 12.4. The summed E-state index contributed by atoms with van der Waals surface area (Å²) in [5.74, 6) is -2.03. The Kier molecular flexibility index (Phi) is 4.42. The maximum Gasteiger partial charge on any atom is 0.308 e. The Morgan fingerprint density at radius 1 is 1.43 bits per heavy atom. The topological polar surface area (TPSA) is 101 Å². The number of carbonyl (C=O) groups is 2. The third-order valence-electron chi connectivity index (χ3n) is 3.45. The van der Waals surface area contributed by atoms with Crippen LogP contribution < -0.4 is 0 Å². The van der Waals surface area contributed by atoms with Crippen LogP contribution in [0.3, 0.4) is 0 Å². The van der Waals surface area contributed by atoms with Crippen LogP contribution in [0.25, 0.3) is 0 Å². The van der Waals surface area contributed by atoms with Gasteiger partial charge in [-0.25, -0.2) is 0 Å². The first-order chi connectivity index (χ1) is 9.90. The van der Waals surface area contributed by atoms with Crippen LogP contribution in [-0.2, 0) is 4.79 Å². The molecule has 1 fully saturated rings. The van der Waals surface area contributed by atoms with Gasteiger partial charge in [0.2, 0.25) is 0 Å². The molecule has 1 aliphatic rings. The highest BCUT2D eigenvalue weighted by Gasteiger charge is 2.30. The van der Waals surface area contributed by atoms with E-state index in [-0.39, 0.29) is 22.8 Å². The summed E-state index contributed by atoms with van der Waals surface area (Å²) in [4.78, 5) is 34.9. The van der Waals surface area contributed by atoms with Gasteiger partial charge in [0.1, 0.15) is 0 Å². The number of carboxylic acids is 1. The van der Waals surface area contributed by atoms with Crippen LogP contribution in [-0.4, -0.2) is 39.9 Å². The minimum Gasteiger partial charge on any atom is -0.481 e. The van der Waals surface area contributed by atoms with Gasteiger partial charge in [0.15, 0.2) is 0 Å². The normalized spacial score (nSPS) is 18.3. The van der Waals surface area contributed by atoms with E-state index in [1.807, 2.05) is 0 Å². The number of amides is 1. The van der Waals surface area contributed by atoms with Crippen molar-refractivity contribution >= 4 is 29.2 Å². The molecule has 1 aromatic rings. The highest BCUT2D eigenvalue weighted by atomic mass is 35.5. The molecule has 0 spiro atoms. The minimum absolute atomic E-state index is 0.0249. The third-order valence-corrected chi connectivity index (χ3v) is 3.78. The van der Waals surface area contributed by atoms with Crippen molar-refractivity contribution in [3.8, 4) is 0 Å². The van der Waals surface area contributed by atoms with Crippen molar-refractivity contribution in [2.24, 2.45) is 5.92 Å². The number of hydrogen-bond donors (Lipinski definition) is 1. The second-order valence-corrected chi connectivity index (χ2v) is 5.26. The van der Waals surface area contributed by atoms with E-state index in [2.05, 4.69) is 0 Å². The molecule has 0 bridgehead atoms. The number of carbonyl (C=O) groups excluding carboxylic acids is 1. The van der Waals surface area contributed by atoms with Crippen molar-refractivity contribution in [2.45, 2.75) is 12.8 Å². The summed E-state index contributed by atoms with van der Waals surface area (Å²) in [7, 11) is 0. The molecule has 0 aromatic heterocycles. The molecule has 0 unspecified atom stereocenters. The van der Waals surface area contributed by atoms with Crippen molar-refractivity contribution < 1.29 is 19.6 Å². The smallest absolute Gasteiger partial charge is 0.308 e. The summed E-state index contributed by atoms with van der Waals surface area (Å²) in [6, 6.07) is 3.63. The first kappa shape index (κ1) is 15.2. The second kappa shape index (κ2) is 6.09. The van der Waals surface area contributed by atoms with Gasteiger partial charge < -0.3 is 10.0 Å².